The minimum Gasteiger partial charge on any atom is -0.376 e. The van der Waals surface area contributed by atoms with Crippen LogP contribution in [0.4, 0.5) is 5.69 Å². The van der Waals surface area contributed by atoms with Crippen molar-refractivity contribution in [2.45, 2.75) is 25.8 Å². The molecule has 1 N–H and O–H groups in total. The fourth-order valence-corrected chi connectivity index (χ4v) is 1.86. The molecule has 1 aliphatic carbocycles. The quantitative estimate of drug-likeness (QED) is 0.876. The summed E-state index contributed by atoms with van der Waals surface area (Å²) in [7, 11) is 0. The van der Waals surface area contributed by atoms with Gasteiger partial charge in [0.2, 0.25) is 5.91 Å². The van der Waals surface area contributed by atoms with Crippen molar-refractivity contribution in [2.24, 2.45) is 0 Å². The zero-order valence-electron chi connectivity index (χ0n) is 10.1. The van der Waals surface area contributed by atoms with Crippen molar-refractivity contribution in [3.05, 3.63) is 30.3 Å². The van der Waals surface area contributed by atoms with Gasteiger partial charge in [0, 0.05) is 18.3 Å². The van der Waals surface area contributed by atoms with Crippen molar-refractivity contribution in [2.75, 3.05) is 18.4 Å². The number of likely N-dealkylation sites (N-methyl/N-ethyl adjacent to an activating group) is 1. The van der Waals surface area contributed by atoms with E-state index in [1.165, 1.54) is 12.8 Å². The summed E-state index contributed by atoms with van der Waals surface area (Å²) >= 11 is 0. The molecule has 2 rings (SSSR count). The van der Waals surface area contributed by atoms with Gasteiger partial charge in [-0.05, 0) is 31.9 Å². The first-order valence-electron chi connectivity index (χ1n) is 5.89. The highest BCUT2D eigenvalue weighted by Gasteiger charge is 2.30. The lowest BCUT2D eigenvalue weighted by molar-refractivity contribution is -0.129. The molecule has 1 aromatic rings. The van der Waals surface area contributed by atoms with Gasteiger partial charge in [0.1, 0.15) is 0 Å². The number of anilines is 1. The molecule has 94 valence electrons. The Kier molecular flexibility index (Phi) is 5.29. The number of rotatable bonds is 5. The first-order chi connectivity index (χ1) is 7.81. The Labute approximate surface area is 109 Å². The Morgan fingerprint density at radius 3 is 2.53 bits per heavy atom. The van der Waals surface area contributed by atoms with Crippen LogP contribution in [-0.4, -0.2) is 29.9 Å². The van der Waals surface area contributed by atoms with E-state index in [1.54, 1.807) is 0 Å². The Morgan fingerprint density at radius 1 is 1.35 bits per heavy atom. The molecule has 4 heteroatoms. The first kappa shape index (κ1) is 13.8. The summed E-state index contributed by atoms with van der Waals surface area (Å²) in [6.07, 6.45) is 2.34. The summed E-state index contributed by atoms with van der Waals surface area (Å²) in [6, 6.07) is 10.4. The fourth-order valence-electron chi connectivity index (χ4n) is 1.86. The fraction of sp³-hybridized carbons (Fsp3) is 0.462. The normalized spacial score (nSPS) is 13.7. The van der Waals surface area contributed by atoms with E-state index in [1.807, 2.05) is 42.2 Å². The smallest absolute Gasteiger partial charge is 0.242 e. The van der Waals surface area contributed by atoms with E-state index in [-0.39, 0.29) is 18.3 Å². The third kappa shape index (κ3) is 3.93. The Morgan fingerprint density at radius 2 is 2.00 bits per heavy atom. The number of benzene rings is 1. The van der Waals surface area contributed by atoms with Crippen molar-refractivity contribution in [3.63, 3.8) is 0 Å². The summed E-state index contributed by atoms with van der Waals surface area (Å²) in [5.74, 6) is 0.203. The third-order valence-corrected chi connectivity index (χ3v) is 2.87. The first-order valence-corrected chi connectivity index (χ1v) is 5.89. The van der Waals surface area contributed by atoms with Gasteiger partial charge in [0.25, 0.3) is 0 Å². The van der Waals surface area contributed by atoms with Gasteiger partial charge in [-0.25, -0.2) is 0 Å². The van der Waals surface area contributed by atoms with Crippen LogP contribution in [0.25, 0.3) is 0 Å². The van der Waals surface area contributed by atoms with Crippen molar-refractivity contribution in [3.8, 4) is 0 Å². The number of hydrogen-bond donors (Lipinski definition) is 1. The second-order valence-corrected chi connectivity index (χ2v) is 4.13. The van der Waals surface area contributed by atoms with Gasteiger partial charge in [-0.15, -0.1) is 12.4 Å². The average molecular weight is 255 g/mol. The van der Waals surface area contributed by atoms with Crippen molar-refractivity contribution in [1.29, 1.82) is 0 Å². The number of para-hydroxylation sites is 1. The van der Waals surface area contributed by atoms with Crippen LogP contribution in [0.2, 0.25) is 0 Å². The zero-order chi connectivity index (χ0) is 11.4. The van der Waals surface area contributed by atoms with Gasteiger partial charge in [-0.1, -0.05) is 18.2 Å². The molecule has 17 heavy (non-hydrogen) atoms. The maximum absolute atomic E-state index is 11.9. The molecule has 3 nitrogen and oxygen atoms in total. The average Bonchev–Trinajstić information content (AvgIpc) is 3.13. The molecule has 1 aromatic carbocycles. The molecule has 0 saturated heterocycles. The number of nitrogens with zero attached hydrogens (tertiary/aromatic N) is 1. The van der Waals surface area contributed by atoms with Crippen LogP contribution in [0.5, 0.6) is 0 Å². The van der Waals surface area contributed by atoms with Crippen LogP contribution in [0, 0.1) is 0 Å². The molecule has 0 heterocycles. The highest BCUT2D eigenvalue weighted by Crippen LogP contribution is 2.26. The van der Waals surface area contributed by atoms with Gasteiger partial charge in [-0.2, -0.15) is 0 Å². The van der Waals surface area contributed by atoms with E-state index in [4.69, 9.17) is 0 Å². The molecule has 0 atom stereocenters. The molecule has 1 fully saturated rings. The van der Waals surface area contributed by atoms with Gasteiger partial charge in [0.15, 0.2) is 0 Å². The summed E-state index contributed by atoms with van der Waals surface area (Å²) in [4.78, 5) is 13.9. The molecule has 1 aliphatic rings. The van der Waals surface area contributed by atoms with Crippen molar-refractivity contribution in [1.82, 2.24) is 4.90 Å². The number of amides is 1. The summed E-state index contributed by atoms with van der Waals surface area (Å²) in [5, 5.41) is 3.15. The van der Waals surface area contributed by atoms with Crippen LogP contribution < -0.4 is 5.32 Å². The van der Waals surface area contributed by atoms with Gasteiger partial charge >= 0.3 is 0 Å². The van der Waals surface area contributed by atoms with Crippen LogP contribution >= 0.6 is 12.4 Å². The highest BCUT2D eigenvalue weighted by atomic mass is 35.5. The monoisotopic (exact) mass is 254 g/mol. The molecule has 0 aromatic heterocycles. The molecule has 1 saturated carbocycles. The Hall–Kier alpha value is -1.22. The molecular weight excluding hydrogens is 236 g/mol. The van der Waals surface area contributed by atoms with Gasteiger partial charge in [-0.3, -0.25) is 4.79 Å². The topological polar surface area (TPSA) is 32.3 Å². The Balaban J connectivity index is 0.00000144. The SMILES string of the molecule is CCN(C(=O)CNc1ccccc1)C1CC1.Cl. The van der Waals surface area contributed by atoms with E-state index in [0.717, 1.165) is 12.2 Å². The Bertz CT molecular complexity index is 352. The lowest BCUT2D eigenvalue weighted by Gasteiger charge is -2.20. The number of halogens is 1. The second-order valence-electron chi connectivity index (χ2n) is 4.13. The van der Waals surface area contributed by atoms with Gasteiger partial charge < -0.3 is 10.2 Å². The molecule has 0 aliphatic heterocycles. The highest BCUT2D eigenvalue weighted by molar-refractivity contribution is 5.85. The number of carbonyl (C=O) groups is 1. The standard InChI is InChI=1S/C13H18N2O.ClH/c1-2-15(12-8-9-12)13(16)10-14-11-6-4-3-5-7-11;/h3-7,12,14H,2,8-10H2,1H3;1H. The van der Waals surface area contributed by atoms with Crippen molar-refractivity contribution < 1.29 is 4.79 Å². The molecule has 1 amide bonds. The van der Waals surface area contributed by atoms with Crippen LogP contribution in [0.15, 0.2) is 30.3 Å². The van der Waals surface area contributed by atoms with Crippen LogP contribution in [0.3, 0.4) is 0 Å². The third-order valence-electron chi connectivity index (χ3n) is 2.87. The van der Waals surface area contributed by atoms with E-state index in [0.29, 0.717) is 12.6 Å². The van der Waals surface area contributed by atoms with E-state index >= 15 is 0 Å². The van der Waals surface area contributed by atoms with Gasteiger partial charge in [0.05, 0.1) is 6.54 Å². The predicted octanol–water partition coefficient (Wildman–Crippen LogP) is 2.53. The molecule has 0 bridgehead atoms. The van der Waals surface area contributed by atoms with E-state index < -0.39 is 0 Å². The summed E-state index contributed by atoms with van der Waals surface area (Å²) in [5.41, 5.74) is 1.00. The molecule has 0 spiro atoms. The number of nitrogens with one attached hydrogen (secondary N) is 1. The minimum absolute atomic E-state index is 0. The maximum Gasteiger partial charge on any atom is 0.242 e. The van der Waals surface area contributed by atoms with E-state index in [2.05, 4.69) is 5.32 Å². The molecule has 0 unspecified atom stereocenters. The molecule has 0 radical (unpaired) electrons. The molecular formula is C13H19ClN2O. The predicted molar refractivity (Wildman–Crippen MR) is 72.6 cm³/mol. The van der Waals surface area contributed by atoms with Crippen molar-refractivity contribution >= 4 is 24.0 Å². The number of hydrogen-bond acceptors (Lipinski definition) is 2. The lowest BCUT2D eigenvalue weighted by Crippen LogP contribution is -2.37. The second kappa shape index (κ2) is 6.50. The van der Waals surface area contributed by atoms with Crippen LogP contribution in [-0.2, 0) is 4.79 Å². The summed E-state index contributed by atoms with van der Waals surface area (Å²) in [6.45, 7) is 3.26. The zero-order valence-corrected chi connectivity index (χ0v) is 10.9. The number of carbonyl (C=O) groups excluding carboxylic acids is 1. The van der Waals surface area contributed by atoms with Crippen LogP contribution in [0.1, 0.15) is 19.8 Å². The van der Waals surface area contributed by atoms with E-state index in [9.17, 15) is 4.79 Å². The largest absolute Gasteiger partial charge is 0.376 e. The minimum atomic E-state index is 0. The summed E-state index contributed by atoms with van der Waals surface area (Å²) < 4.78 is 0. The maximum atomic E-state index is 11.9. The lowest BCUT2D eigenvalue weighted by atomic mass is 10.3.